The predicted molar refractivity (Wildman–Crippen MR) is 84.8 cm³/mol. The van der Waals surface area contributed by atoms with Gasteiger partial charge in [-0.3, -0.25) is 0 Å². The summed E-state index contributed by atoms with van der Waals surface area (Å²) >= 11 is 0. The van der Waals surface area contributed by atoms with Crippen LogP contribution in [-0.4, -0.2) is 22.4 Å². The van der Waals surface area contributed by atoms with E-state index in [1.807, 2.05) is 18.2 Å². The Morgan fingerprint density at radius 2 is 1.82 bits per heavy atom. The maximum absolute atomic E-state index is 10.4. The largest absolute Gasteiger partial charge is 0.387 e. The van der Waals surface area contributed by atoms with Gasteiger partial charge < -0.3 is 14.9 Å². The first-order valence-corrected chi connectivity index (χ1v) is 7.63. The summed E-state index contributed by atoms with van der Waals surface area (Å²) in [6.07, 6.45) is -2.04. The Labute approximate surface area is 127 Å². The Kier molecular flexibility index (Phi) is 2.33. The molecule has 0 amide bonds. The van der Waals surface area contributed by atoms with Gasteiger partial charge in [0.1, 0.15) is 24.4 Å². The van der Waals surface area contributed by atoms with Gasteiger partial charge >= 0.3 is 0 Å². The summed E-state index contributed by atoms with van der Waals surface area (Å²) in [6, 6.07) is 14.5. The third-order valence-corrected chi connectivity index (χ3v) is 5.09. The zero-order valence-corrected chi connectivity index (χ0v) is 12.2. The monoisotopic (exact) mass is 292 g/mol. The standard InChI is InChI=1S/C19H16O3/c1-9-8-10-4-2-3-5-11(10)12-6-7-13-15(14(9)12)18-19(22-18)17(21)16(13)20/h2-8,16-21H,1H3/t16-,17-,18+,19-/m0/s1. The average molecular weight is 292 g/mol. The Morgan fingerprint density at radius 3 is 2.68 bits per heavy atom. The molecule has 2 aliphatic rings. The van der Waals surface area contributed by atoms with Crippen LogP contribution in [0.4, 0.5) is 0 Å². The lowest BCUT2D eigenvalue weighted by atomic mass is 9.82. The Balaban J connectivity index is 1.94. The number of aryl methyl sites for hydroxylation is 1. The molecule has 3 aromatic rings. The molecule has 1 aliphatic heterocycles. The number of hydrogen-bond acceptors (Lipinski definition) is 3. The summed E-state index contributed by atoms with van der Waals surface area (Å²) in [5, 5.41) is 25.2. The number of aliphatic hydroxyl groups excluding tert-OH is 2. The first-order valence-electron chi connectivity index (χ1n) is 7.63. The minimum atomic E-state index is -0.867. The number of fused-ring (bicyclic) bond motifs is 7. The van der Waals surface area contributed by atoms with Crippen LogP contribution in [0.25, 0.3) is 21.5 Å². The van der Waals surface area contributed by atoms with Gasteiger partial charge in [-0.2, -0.15) is 0 Å². The Bertz CT molecular complexity index is 931. The summed E-state index contributed by atoms with van der Waals surface area (Å²) < 4.78 is 5.65. The second-order valence-corrected chi connectivity index (χ2v) is 6.36. The van der Waals surface area contributed by atoms with E-state index >= 15 is 0 Å². The van der Waals surface area contributed by atoms with Gasteiger partial charge in [0.15, 0.2) is 0 Å². The van der Waals surface area contributed by atoms with E-state index in [1.54, 1.807) is 0 Å². The SMILES string of the molecule is Cc1cc2ccccc2c2ccc3c(c12)[C@H]1O[C@H]1[C@@H](O)[C@H]3O. The fraction of sp³-hybridized carbons (Fsp3) is 0.263. The summed E-state index contributed by atoms with van der Waals surface area (Å²) in [5.74, 6) is 0. The lowest BCUT2D eigenvalue weighted by Gasteiger charge is -2.25. The summed E-state index contributed by atoms with van der Waals surface area (Å²) in [5.41, 5.74) is 3.05. The zero-order valence-electron chi connectivity index (χ0n) is 12.2. The van der Waals surface area contributed by atoms with Crippen LogP contribution >= 0.6 is 0 Å². The normalized spacial score (nSPS) is 29.4. The van der Waals surface area contributed by atoms with E-state index in [0.29, 0.717) is 0 Å². The van der Waals surface area contributed by atoms with Crippen molar-refractivity contribution < 1.29 is 14.9 Å². The van der Waals surface area contributed by atoms with Gasteiger partial charge in [-0.1, -0.05) is 42.5 Å². The van der Waals surface area contributed by atoms with Crippen LogP contribution in [0.3, 0.4) is 0 Å². The molecule has 3 heteroatoms. The molecular formula is C19H16O3. The van der Waals surface area contributed by atoms with Crippen molar-refractivity contribution in [3.05, 3.63) is 59.2 Å². The molecule has 1 aliphatic carbocycles. The van der Waals surface area contributed by atoms with Gasteiger partial charge in [0.2, 0.25) is 0 Å². The molecule has 3 nitrogen and oxygen atoms in total. The highest BCUT2D eigenvalue weighted by Crippen LogP contribution is 2.53. The summed E-state index contributed by atoms with van der Waals surface area (Å²) in [4.78, 5) is 0. The Hall–Kier alpha value is -1.94. The molecule has 3 aromatic carbocycles. The van der Waals surface area contributed by atoms with Crippen molar-refractivity contribution in [2.45, 2.75) is 31.3 Å². The van der Waals surface area contributed by atoms with Crippen molar-refractivity contribution in [3.8, 4) is 0 Å². The molecule has 0 bridgehead atoms. The quantitative estimate of drug-likeness (QED) is 0.494. The second kappa shape index (κ2) is 4.07. The van der Waals surface area contributed by atoms with Crippen molar-refractivity contribution >= 4 is 21.5 Å². The molecule has 0 aromatic heterocycles. The van der Waals surface area contributed by atoms with Crippen LogP contribution in [0.15, 0.2) is 42.5 Å². The van der Waals surface area contributed by atoms with Gasteiger partial charge in [0.05, 0.1) is 0 Å². The van der Waals surface area contributed by atoms with Crippen LogP contribution < -0.4 is 0 Å². The van der Waals surface area contributed by atoms with E-state index in [0.717, 1.165) is 16.5 Å². The number of epoxide rings is 1. The van der Waals surface area contributed by atoms with E-state index in [1.165, 1.54) is 21.7 Å². The Morgan fingerprint density at radius 1 is 1.00 bits per heavy atom. The number of hydrogen-bond donors (Lipinski definition) is 2. The van der Waals surface area contributed by atoms with Gasteiger partial charge in [-0.15, -0.1) is 0 Å². The molecule has 5 rings (SSSR count). The lowest BCUT2D eigenvalue weighted by Crippen LogP contribution is -2.29. The summed E-state index contributed by atoms with van der Waals surface area (Å²) in [7, 11) is 0. The molecule has 1 saturated heterocycles. The molecule has 4 atom stereocenters. The fourth-order valence-corrected chi connectivity index (χ4v) is 4.00. The molecule has 110 valence electrons. The molecule has 0 spiro atoms. The predicted octanol–water partition coefficient (Wildman–Crippen LogP) is 3.15. The molecule has 22 heavy (non-hydrogen) atoms. The maximum atomic E-state index is 10.4. The van der Waals surface area contributed by atoms with Crippen LogP contribution in [0, 0.1) is 6.92 Å². The van der Waals surface area contributed by atoms with E-state index in [-0.39, 0.29) is 12.2 Å². The minimum absolute atomic E-state index is 0.0861. The molecule has 0 radical (unpaired) electrons. The molecule has 2 N–H and O–H groups in total. The van der Waals surface area contributed by atoms with Gasteiger partial charge in [0.25, 0.3) is 0 Å². The molecule has 0 saturated carbocycles. The second-order valence-electron chi connectivity index (χ2n) is 6.36. The van der Waals surface area contributed by atoms with Crippen molar-refractivity contribution in [1.29, 1.82) is 0 Å². The number of benzene rings is 3. The van der Waals surface area contributed by atoms with Crippen LogP contribution in [0.1, 0.15) is 28.9 Å². The van der Waals surface area contributed by atoms with Crippen LogP contribution in [-0.2, 0) is 4.74 Å². The first kappa shape index (κ1) is 12.6. The van der Waals surface area contributed by atoms with Crippen LogP contribution in [0.2, 0.25) is 0 Å². The maximum Gasteiger partial charge on any atom is 0.118 e. The molecule has 1 fully saturated rings. The van der Waals surface area contributed by atoms with Crippen LogP contribution in [0.5, 0.6) is 0 Å². The number of rotatable bonds is 0. The zero-order chi connectivity index (χ0) is 15.0. The number of aliphatic hydroxyl groups is 2. The van der Waals surface area contributed by atoms with Crippen molar-refractivity contribution in [2.75, 3.05) is 0 Å². The lowest BCUT2D eigenvalue weighted by molar-refractivity contribution is 0.000104. The van der Waals surface area contributed by atoms with Crippen molar-refractivity contribution in [2.24, 2.45) is 0 Å². The fourth-order valence-electron chi connectivity index (χ4n) is 4.00. The third kappa shape index (κ3) is 1.46. The van der Waals surface area contributed by atoms with E-state index in [2.05, 4.69) is 31.2 Å². The number of ether oxygens (including phenoxy) is 1. The average Bonchev–Trinajstić information content (AvgIpc) is 3.32. The van der Waals surface area contributed by atoms with E-state index < -0.39 is 12.2 Å². The molecule has 1 heterocycles. The van der Waals surface area contributed by atoms with Crippen molar-refractivity contribution in [3.63, 3.8) is 0 Å². The first-order chi connectivity index (χ1) is 10.7. The van der Waals surface area contributed by atoms with Gasteiger partial charge in [-0.05, 0) is 45.2 Å². The topological polar surface area (TPSA) is 53.0 Å². The smallest absolute Gasteiger partial charge is 0.118 e. The summed E-state index contributed by atoms with van der Waals surface area (Å²) in [6.45, 7) is 2.10. The van der Waals surface area contributed by atoms with Gasteiger partial charge in [-0.25, -0.2) is 0 Å². The van der Waals surface area contributed by atoms with E-state index in [9.17, 15) is 10.2 Å². The highest BCUT2D eigenvalue weighted by Gasteiger charge is 2.54. The highest BCUT2D eigenvalue weighted by atomic mass is 16.6. The van der Waals surface area contributed by atoms with Gasteiger partial charge in [0, 0.05) is 0 Å². The highest BCUT2D eigenvalue weighted by molar-refractivity contribution is 6.10. The minimum Gasteiger partial charge on any atom is -0.387 e. The third-order valence-electron chi connectivity index (χ3n) is 5.09. The molecule has 0 unspecified atom stereocenters. The van der Waals surface area contributed by atoms with E-state index in [4.69, 9.17) is 4.74 Å². The van der Waals surface area contributed by atoms with Crippen molar-refractivity contribution in [1.82, 2.24) is 0 Å². The molecular weight excluding hydrogens is 276 g/mol.